The van der Waals surface area contributed by atoms with E-state index in [0.29, 0.717) is 6.54 Å². The number of nitrogens with one attached hydrogen (secondary N) is 1. The molecular weight excluding hydrogens is 360 g/mol. The number of carboxylic acid groups (broad SMARTS) is 2. The first-order valence-electron chi connectivity index (χ1n) is 8.72. The summed E-state index contributed by atoms with van der Waals surface area (Å²) < 4.78 is 0. The number of carboxylic acids is 2. The Balaban J connectivity index is -0.00000220. The molecule has 1 N–H and O–H groups in total. The van der Waals surface area contributed by atoms with Crippen molar-refractivity contribution in [2.24, 2.45) is 0 Å². The van der Waals surface area contributed by atoms with Gasteiger partial charge in [-0.15, -0.1) is 0 Å². The van der Waals surface area contributed by atoms with E-state index in [1.54, 1.807) is 0 Å². The summed E-state index contributed by atoms with van der Waals surface area (Å²) in [6, 6.07) is -0.892. The third-order valence-electron chi connectivity index (χ3n) is 3.84. The fraction of sp³-hybridized carbons (Fsp3) is 0.882. The molecule has 0 heterocycles. The molecule has 0 aromatic carbocycles. The van der Waals surface area contributed by atoms with Crippen molar-refractivity contribution in [2.45, 2.75) is 90.0 Å². The molecule has 1 atom stereocenters. The molecule has 0 fully saturated rings. The van der Waals surface area contributed by atoms with Crippen molar-refractivity contribution in [3.05, 3.63) is 0 Å². The molecule has 0 spiro atoms. The van der Waals surface area contributed by atoms with Crippen molar-refractivity contribution in [3.63, 3.8) is 0 Å². The molecule has 0 rings (SSSR count). The summed E-state index contributed by atoms with van der Waals surface area (Å²) in [7, 11) is 0. The number of hydrogen-bond acceptors (Lipinski definition) is 5. The topological polar surface area (TPSA) is 92.3 Å². The van der Waals surface area contributed by atoms with Crippen molar-refractivity contribution in [1.29, 1.82) is 0 Å². The average molecular weight is 392 g/mol. The molecule has 0 saturated heterocycles. The summed E-state index contributed by atoms with van der Waals surface area (Å²) in [5.41, 5.74) is 0. The van der Waals surface area contributed by atoms with Crippen LogP contribution in [0.25, 0.3) is 0 Å². The van der Waals surface area contributed by atoms with Crippen LogP contribution in [-0.4, -0.2) is 24.5 Å². The standard InChI is InChI=1S/C17H33NO4.2K/c1-2-3-4-5-6-7-8-9-10-11-14-18-15(17(21)22)12-13-16(19)20;;/h15,18H,2-14H2,1H3,(H,19,20)(H,21,22);;/q;2*+1/p-2/t15-;;/m0../s1. The SMILES string of the molecule is CCCCCCCCCCCCN[C@@H](CCC(=O)[O-])C(=O)[O-].[K+].[K+]. The Bertz CT molecular complexity index is 304. The Kier molecular flexibility index (Phi) is 29.9. The van der Waals surface area contributed by atoms with E-state index in [1.165, 1.54) is 51.4 Å². The summed E-state index contributed by atoms with van der Waals surface area (Å²) >= 11 is 0. The van der Waals surface area contributed by atoms with Crippen LogP contribution in [0.4, 0.5) is 0 Å². The number of carbonyl (C=O) groups excluding carboxylic acids is 2. The minimum atomic E-state index is -1.24. The molecule has 24 heavy (non-hydrogen) atoms. The molecule has 0 aromatic rings. The van der Waals surface area contributed by atoms with Gasteiger partial charge in [-0.3, -0.25) is 0 Å². The summed E-state index contributed by atoms with van der Waals surface area (Å²) in [5, 5.41) is 24.0. The van der Waals surface area contributed by atoms with Gasteiger partial charge in [-0.05, 0) is 25.8 Å². The fourth-order valence-electron chi connectivity index (χ4n) is 2.45. The Morgan fingerprint density at radius 1 is 0.833 bits per heavy atom. The quantitative estimate of drug-likeness (QED) is 0.210. The zero-order chi connectivity index (χ0) is 16.6. The first-order chi connectivity index (χ1) is 10.6. The first-order valence-corrected chi connectivity index (χ1v) is 8.72. The van der Waals surface area contributed by atoms with Gasteiger partial charge in [0.15, 0.2) is 0 Å². The largest absolute Gasteiger partial charge is 1.00 e. The van der Waals surface area contributed by atoms with E-state index < -0.39 is 18.0 Å². The molecule has 0 unspecified atom stereocenters. The van der Waals surface area contributed by atoms with Gasteiger partial charge in [0, 0.05) is 12.0 Å². The zero-order valence-corrected chi connectivity index (χ0v) is 22.1. The minimum Gasteiger partial charge on any atom is -0.550 e. The van der Waals surface area contributed by atoms with Crippen LogP contribution in [0, 0.1) is 0 Å². The smallest absolute Gasteiger partial charge is 0.550 e. The Hall–Kier alpha value is 2.17. The van der Waals surface area contributed by atoms with Gasteiger partial charge in [-0.1, -0.05) is 64.7 Å². The van der Waals surface area contributed by atoms with E-state index >= 15 is 0 Å². The number of carbonyl (C=O) groups is 2. The van der Waals surface area contributed by atoms with E-state index in [4.69, 9.17) is 0 Å². The molecule has 0 aliphatic rings. The van der Waals surface area contributed by atoms with E-state index in [0.717, 1.165) is 12.8 Å². The Morgan fingerprint density at radius 2 is 1.29 bits per heavy atom. The van der Waals surface area contributed by atoms with E-state index in [9.17, 15) is 19.8 Å². The minimum absolute atomic E-state index is 0. The van der Waals surface area contributed by atoms with Crippen molar-refractivity contribution < 1.29 is 123 Å². The van der Waals surface area contributed by atoms with Crippen LogP contribution < -0.4 is 118 Å². The summed E-state index contributed by atoms with van der Waals surface area (Å²) in [6.45, 7) is 2.81. The molecule has 7 heteroatoms. The maximum atomic E-state index is 10.8. The maximum Gasteiger partial charge on any atom is 1.00 e. The first kappa shape index (κ1) is 30.9. The van der Waals surface area contributed by atoms with Crippen LogP contribution >= 0.6 is 0 Å². The summed E-state index contributed by atoms with van der Waals surface area (Å²) in [4.78, 5) is 21.2. The van der Waals surface area contributed by atoms with Gasteiger partial charge in [-0.2, -0.15) is 0 Å². The van der Waals surface area contributed by atoms with Crippen molar-refractivity contribution in [3.8, 4) is 0 Å². The Labute approximate surface area is 232 Å². The van der Waals surface area contributed by atoms with Crippen LogP contribution in [0.5, 0.6) is 0 Å². The molecule has 0 radical (unpaired) electrons. The predicted octanol–water partition coefficient (Wildman–Crippen LogP) is -4.85. The second kappa shape index (κ2) is 23.2. The van der Waals surface area contributed by atoms with Gasteiger partial charge in [0.25, 0.3) is 0 Å². The second-order valence-corrected chi connectivity index (χ2v) is 5.92. The third kappa shape index (κ3) is 22.2. The molecule has 0 saturated carbocycles. The van der Waals surface area contributed by atoms with Gasteiger partial charge in [0.2, 0.25) is 0 Å². The molecule has 0 aromatic heterocycles. The number of aliphatic carboxylic acids is 2. The number of hydrogen-bond donors (Lipinski definition) is 1. The van der Waals surface area contributed by atoms with Crippen LogP contribution in [0.1, 0.15) is 84.0 Å². The van der Waals surface area contributed by atoms with Crippen molar-refractivity contribution in [1.82, 2.24) is 5.32 Å². The average Bonchev–Trinajstić information content (AvgIpc) is 2.47. The third-order valence-corrected chi connectivity index (χ3v) is 3.84. The van der Waals surface area contributed by atoms with Crippen LogP contribution in [-0.2, 0) is 9.59 Å². The molecule has 0 aliphatic carbocycles. The second-order valence-electron chi connectivity index (χ2n) is 5.92. The van der Waals surface area contributed by atoms with E-state index in [-0.39, 0.29) is 116 Å². The zero-order valence-electron chi connectivity index (χ0n) is 15.9. The number of unbranched alkanes of at least 4 members (excludes halogenated alkanes) is 9. The van der Waals surface area contributed by atoms with Crippen LogP contribution in [0.15, 0.2) is 0 Å². The van der Waals surface area contributed by atoms with Gasteiger partial charge >= 0.3 is 103 Å². The fourth-order valence-corrected chi connectivity index (χ4v) is 2.45. The molecular formula is C17H31K2NO4. The predicted molar refractivity (Wildman–Crippen MR) is 82.9 cm³/mol. The van der Waals surface area contributed by atoms with E-state index in [1.807, 2.05) is 0 Å². The van der Waals surface area contributed by atoms with Crippen molar-refractivity contribution in [2.75, 3.05) is 6.54 Å². The maximum absolute atomic E-state index is 10.8. The van der Waals surface area contributed by atoms with Gasteiger partial charge in [0.1, 0.15) is 0 Å². The van der Waals surface area contributed by atoms with Gasteiger partial charge in [-0.25, -0.2) is 0 Å². The molecule has 130 valence electrons. The van der Waals surface area contributed by atoms with Gasteiger partial charge in [0.05, 0.1) is 5.97 Å². The monoisotopic (exact) mass is 391 g/mol. The molecule has 0 bridgehead atoms. The molecule has 0 amide bonds. The summed E-state index contributed by atoms with van der Waals surface area (Å²) in [6.07, 6.45) is 12.0. The van der Waals surface area contributed by atoms with Crippen LogP contribution in [0.3, 0.4) is 0 Å². The van der Waals surface area contributed by atoms with Gasteiger partial charge < -0.3 is 25.1 Å². The molecule has 5 nitrogen and oxygen atoms in total. The van der Waals surface area contributed by atoms with Crippen LogP contribution in [0.2, 0.25) is 0 Å². The number of rotatable bonds is 16. The van der Waals surface area contributed by atoms with Crippen molar-refractivity contribution >= 4 is 11.9 Å². The molecule has 0 aliphatic heterocycles. The van der Waals surface area contributed by atoms with E-state index in [2.05, 4.69) is 12.2 Å². The normalized spacial score (nSPS) is 11.2. The summed E-state index contributed by atoms with van der Waals surface area (Å²) in [5.74, 6) is -2.47. The Morgan fingerprint density at radius 3 is 1.71 bits per heavy atom.